The van der Waals surface area contributed by atoms with Gasteiger partial charge < -0.3 is 9.84 Å². The highest BCUT2D eigenvalue weighted by molar-refractivity contribution is 5.73. The molecule has 3 nitrogen and oxygen atoms in total. The molecular formula is C20H24O3. The second-order valence-corrected chi connectivity index (χ2v) is 6.28. The summed E-state index contributed by atoms with van der Waals surface area (Å²) in [5.41, 5.74) is 6.43. The average Bonchev–Trinajstić information content (AvgIpc) is 2.45. The van der Waals surface area contributed by atoms with Gasteiger partial charge in [-0.3, -0.25) is 0 Å². The summed E-state index contributed by atoms with van der Waals surface area (Å²) in [6.07, 6.45) is -0.537. The molecule has 1 N–H and O–H groups in total. The molecule has 2 aromatic carbocycles. The Morgan fingerprint density at radius 3 is 2.26 bits per heavy atom. The number of hydrogen-bond donors (Lipinski definition) is 1. The highest BCUT2D eigenvalue weighted by Crippen LogP contribution is 2.25. The summed E-state index contributed by atoms with van der Waals surface area (Å²) < 4.78 is 5.86. The second-order valence-electron chi connectivity index (χ2n) is 6.28. The molecule has 0 unspecified atom stereocenters. The van der Waals surface area contributed by atoms with Gasteiger partial charge in [0.15, 0.2) is 6.10 Å². The summed E-state index contributed by atoms with van der Waals surface area (Å²) in [6.45, 7) is 9.98. The van der Waals surface area contributed by atoms with E-state index in [1.165, 1.54) is 5.56 Å². The molecule has 3 heteroatoms. The second kappa shape index (κ2) is 6.86. The Labute approximate surface area is 137 Å². The van der Waals surface area contributed by atoms with Crippen molar-refractivity contribution in [2.45, 2.75) is 47.1 Å². The highest BCUT2D eigenvalue weighted by atomic mass is 16.5. The summed E-state index contributed by atoms with van der Waals surface area (Å²) >= 11 is 0. The fourth-order valence-corrected chi connectivity index (χ4v) is 2.73. The third kappa shape index (κ3) is 4.13. The van der Waals surface area contributed by atoms with Crippen LogP contribution >= 0.6 is 0 Å². The lowest BCUT2D eigenvalue weighted by molar-refractivity contribution is -0.145. The van der Waals surface area contributed by atoms with Gasteiger partial charge in [0.05, 0.1) is 0 Å². The molecule has 0 aliphatic heterocycles. The molecular weight excluding hydrogens is 288 g/mol. The Balaban J connectivity index is 2.28. The molecule has 0 saturated heterocycles. The number of carboxylic acids is 1. The van der Waals surface area contributed by atoms with Crippen LogP contribution in [0.5, 0.6) is 5.75 Å². The van der Waals surface area contributed by atoms with E-state index in [1.54, 1.807) is 0 Å². The van der Waals surface area contributed by atoms with Gasteiger partial charge in [-0.2, -0.15) is 0 Å². The van der Waals surface area contributed by atoms with Crippen LogP contribution in [0.2, 0.25) is 0 Å². The van der Waals surface area contributed by atoms with Crippen molar-refractivity contribution in [3.05, 3.63) is 63.7 Å². The molecule has 122 valence electrons. The van der Waals surface area contributed by atoms with Crippen LogP contribution < -0.4 is 4.74 Å². The number of hydrogen-bond acceptors (Lipinski definition) is 2. The molecule has 0 radical (unpaired) electrons. The van der Waals surface area contributed by atoms with Gasteiger partial charge in [-0.25, -0.2) is 4.79 Å². The Bertz CT molecular complexity index is 732. The van der Waals surface area contributed by atoms with Gasteiger partial charge >= 0.3 is 5.97 Å². The summed E-state index contributed by atoms with van der Waals surface area (Å²) in [6, 6.07) is 10.0. The molecule has 0 aliphatic rings. The Morgan fingerprint density at radius 1 is 1.00 bits per heavy atom. The lowest BCUT2D eigenvalue weighted by atomic mass is 10.00. The molecule has 2 aromatic rings. The molecule has 0 aliphatic carbocycles. The van der Waals surface area contributed by atoms with Gasteiger partial charge in [0.1, 0.15) is 5.75 Å². The van der Waals surface area contributed by atoms with Crippen LogP contribution in [0.25, 0.3) is 0 Å². The van der Waals surface area contributed by atoms with E-state index in [-0.39, 0.29) is 0 Å². The predicted octanol–water partition coefficient (Wildman–Crippen LogP) is 4.30. The summed E-state index contributed by atoms with van der Waals surface area (Å²) in [5.74, 6) is -0.289. The predicted molar refractivity (Wildman–Crippen MR) is 92.3 cm³/mol. The first kappa shape index (κ1) is 17.1. The van der Waals surface area contributed by atoms with Crippen LogP contribution in [0, 0.1) is 34.6 Å². The van der Waals surface area contributed by atoms with Crippen molar-refractivity contribution in [3.63, 3.8) is 0 Å². The molecule has 0 amide bonds. The largest absolute Gasteiger partial charge is 0.478 e. The number of ether oxygens (including phenoxy) is 1. The average molecular weight is 312 g/mol. The quantitative estimate of drug-likeness (QED) is 0.895. The summed E-state index contributed by atoms with van der Waals surface area (Å²) in [4.78, 5) is 11.6. The lowest BCUT2D eigenvalue weighted by Crippen LogP contribution is -2.30. The number of aliphatic carboxylic acids is 1. The molecule has 2 rings (SSSR count). The number of aryl methyl sites for hydroxylation is 4. The first-order valence-electron chi connectivity index (χ1n) is 7.81. The molecule has 1 atom stereocenters. The van der Waals surface area contributed by atoms with Crippen molar-refractivity contribution in [2.24, 2.45) is 0 Å². The maximum Gasteiger partial charge on any atom is 0.345 e. The third-order valence-corrected chi connectivity index (χ3v) is 4.21. The van der Waals surface area contributed by atoms with E-state index in [2.05, 4.69) is 12.1 Å². The summed E-state index contributed by atoms with van der Waals surface area (Å²) in [5, 5.41) is 9.55. The van der Waals surface area contributed by atoms with Crippen LogP contribution in [0.4, 0.5) is 0 Å². The molecule has 0 aromatic heterocycles. The number of carboxylic acid groups (broad SMARTS) is 1. The third-order valence-electron chi connectivity index (χ3n) is 4.21. The molecule has 0 spiro atoms. The van der Waals surface area contributed by atoms with E-state index in [9.17, 15) is 9.90 Å². The number of carbonyl (C=O) groups is 1. The van der Waals surface area contributed by atoms with Crippen molar-refractivity contribution in [2.75, 3.05) is 0 Å². The monoisotopic (exact) mass is 312 g/mol. The van der Waals surface area contributed by atoms with Gasteiger partial charge in [0, 0.05) is 6.42 Å². The van der Waals surface area contributed by atoms with Crippen LogP contribution in [-0.4, -0.2) is 17.2 Å². The normalized spacial score (nSPS) is 12.0. The fourth-order valence-electron chi connectivity index (χ4n) is 2.73. The lowest BCUT2D eigenvalue weighted by Gasteiger charge is -2.19. The highest BCUT2D eigenvalue weighted by Gasteiger charge is 2.22. The Hall–Kier alpha value is -2.29. The van der Waals surface area contributed by atoms with E-state index in [0.717, 1.165) is 27.8 Å². The van der Waals surface area contributed by atoms with Crippen LogP contribution in [0.15, 0.2) is 30.3 Å². The molecule has 0 fully saturated rings. The van der Waals surface area contributed by atoms with E-state index >= 15 is 0 Å². The van der Waals surface area contributed by atoms with Crippen LogP contribution in [0.3, 0.4) is 0 Å². The van der Waals surface area contributed by atoms with Crippen molar-refractivity contribution in [1.29, 1.82) is 0 Å². The Kier molecular flexibility index (Phi) is 5.09. The van der Waals surface area contributed by atoms with Crippen molar-refractivity contribution >= 4 is 5.97 Å². The zero-order chi connectivity index (χ0) is 17.1. The standard InChI is InChI=1S/C20H24O3/c1-12-6-7-17(15(4)8-12)11-19(20(21)22)23-18-10-13(2)9-14(3)16(18)5/h6-10,19H,11H2,1-5H3,(H,21,22)/t19-/m1/s1. The SMILES string of the molecule is Cc1ccc(C[C@@H](Oc2cc(C)cc(C)c2C)C(=O)O)c(C)c1. The van der Waals surface area contributed by atoms with E-state index in [1.807, 2.05) is 52.8 Å². The fraction of sp³-hybridized carbons (Fsp3) is 0.350. The summed E-state index contributed by atoms with van der Waals surface area (Å²) in [7, 11) is 0. The molecule has 0 heterocycles. The minimum atomic E-state index is -0.941. The number of benzene rings is 2. The van der Waals surface area contributed by atoms with Gasteiger partial charge in [-0.1, -0.05) is 29.8 Å². The first-order chi connectivity index (χ1) is 10.8. The first-order valence-corrected chi connectivity index (χ1v) is 7.81. The van der Waals surface area contributed by atoms with Crippen LogP contribution in [0.1, 0.15) is 33.4 Å². The maximum atomic E-state index is 11.6. The van der Waals surface area contributed by atoms with Crippen molar-refractivity contribution < 1.29 is 14.6 Å². The topological polar surface area (TPSA) is 46.5 Å². The van der Waals surface area contributed by atoms with Gasteiger partial charge in [-0.05, 0) is 68.5 Å². The van der Waals surface area contributed by atoms with Crippen molar-refractivity contribution in [1.82, 2.24) is 0 Å². The minimum absolute atomic E-state index is 0.355. The zero-order valence-corrected chi connectivity index (χ0v) is 14.4. The molecule has 23 heavy (non-hydrogen) atoms. The van der Waals surface area contributed by atoms with Crippen LogP contribution in [-0.2, 0) is 11.2 Å². The van der Waals surface area contributed by atoms with E-state index < -0.39 is 12.1 Å². The van der Waals surface area contributed by atoms with Gasteiger partial charge in [-0.15, -0.1) is 0 Å². The number of rotatable bonds is 5. The Morgan fingerprint density at radius 2 is 1.65 bits per heavy atom. The smallest absolute Gasteiger partial charge is 0.345 e. The van der Waals surface area contributed by atoms with Gasteiger partial charge in [0.25, 0.3) is 0 Å². The van der Waals surface area contributed by atoms with E-state index in [4.69, 9.17) is 4.74 Å². The minimum Gasteiger partial charge on any atom is -0.478 e. The maximum absolute atomic E-state index is 11.6. The zero-order valence-electron chi connectivity index (χ0n) is 14.4. The molecule has 0 saturated carbocycles. The molecule has 0 bridgehead atoms. The van der Waals surface area contributed by atoms with Crippen molar-refractivity contribution in [3.8, 4) is 5.75 Å². The van der Waals surface area contributed by atoms with Gasteiger partial charge in [0.2, 0.25) is 0 Å². The van der Waals surface area contributed by atoms with E-state index in [0.29, 0.717) is 12.2 Å².